The molecule has 1 aromatic heterocycles. The number of benzene rings is 1. The first-order chi connectivity index (χ1) is 20.3. The number of nitrogens with one attached hydrogen (secondary N) is 1. The van der Waals surface area contributed by atoms with Crippen LogP contribution in [0, 0.1) is 17.3 Å². The molecular weight excluding hydrogens is 567 g/mol. The molecule has 1 aromatic carbocycles. The number of allylic oxidation sites excluding steroid dienone is 4. The van der Waals surface area contributed by atoms with Gasteiger partial charge in [0.15, 0.2) is 5.78 Å². The van der Waals surface area contributed by atoms with E-state index in [1.165, 1.54) is 13.1 Å². The number of ketones is 1. The molecule has 0 aliphatic heterocycles. The Labute approximate surface area is 246 Å². The molecule has 6 rings (SSSR count). The maximum atomic E-state index is 15.2. The first-order valence-corrected chi connectivity index (χ1v) is 14.7. The van der Waals surface area contributed by atoms with Gasteiger partial charge in [-0.15, -0.1) is 0 Å². The van der Waals surface area contributed by atoms with Crippen molar-refractivity contribution >= 4 is 11.7 Å². The number of halogens is 5. The zero-order valence-electron chi connectivity index (χ0n) is 23.7. The van der Waals surface area contributed by atoms with Crippen LogP contribution in [0.2, 0.25) is 0 Å². The van der Waals surface area contributed by atoms with Gasteiger partial charge in [0.05, 0.1) is 5.56 Å². The summed E-state index contributed by atoms with van der Waals surface area (Å²) in [4.78, 5) is 28.6. The van der Waals surface area contributed by atoms with Gasteiger partial charge in [0.2, 0.25) is 0 Å². The molecular formula is C33H33F5N2O3. The quantitative estimate of drug-likeness (QED) is 0.369. The lowest BCUT2D eigenvalue weighted by atomic mass is 9.50. The topological polar surface area (TPSA) is 79.3 Å². The van der Waals surface area contributed by atoms with Gasteiger partial charge in [0, 0.05) is 36.7 Å². The number of nitrogens with zero attached hydrogens (tertiary/aromatic N) is 1. The predicted molar refractivity (Wildman–Crippen MR) is 148 cm³/mol. The molecule has 0 bridgehead atoms. The fourth-order valence-electron chi connectivity index (χ4n) is 8.36. The summed E-state index contributed by atoms with van der Waals surface area (Å²) in [6, 6.07) is 10.6. The summed E-state index contributed by atoms with van der Waals surface area (Å²) in [5.41, 5.74) is -0.0330. The van der Waals surface area contributed by atoms with Crippen molar-refractivity contribution < 1.29 is 36.6 Å². The predicted octanol–water partition coefficient (Wildman–Crippen LogP) is 6.84. The molecule has 228 valence electrons. The van der Waals surface area contributed by atoms with Gasteiger partial charge in [-0.1, -0.05) is 36.8 Å². The van der Waals surface area contributed by atoms with Gasteiger partial charge in [-0.3, -0.25) is 14.6 Å². The van der Waals surface area contributed by atoms with Gasteiger partial charge >= 0.3 is 12.1 Å². The summed E-state index contributed by atoms with van der Waals surface area (Å²) in [6.45, 7) is 1.64. The first kappa shape index (κ1) is 29.7. The van der Waals surface area contributed by atoms with Gasteiger partial charge in [-0.05, 0) is 90.8 Å². The van der Waals surface area contributed by atoms with Crippen LogP contribution in [0.3, 0.4) is 0 Å². The molecule has 0 spiro atoms. The Morgan fingerprint density at radius 2 is 1.81 bits per heavy atom. The Morgan fingerprint density at radius 1 is 1.07 bits per heavy atom. The van der Waals surface area contributed by atoms with E-state index in [1.54, 1.807) is 24.4 Å². The molecule has 43 heavy (non-hydrogen) atoms. The van der Waals surface area contributed by atoms with Crippen LogP contribution in [0.1, 0.15) is 79.3 Å². The van der Waals surface area contributed by atoms with E-state index in [9.17, 15) is 27.9 Å². The molecule has 0 saturated heterocycles. The van der Waals surface area contributed by atoms with Crippen molar-refractivity contribution in [2.75, 3.05) is 0 Å². The molecule has 4 aliphatic carbocycles. The van der Waals surface area contributed by atoms with Crippen molar-refractivity contribution in [2.45, 2.75) is 82.0 Å². The molecule has 5 atom stereocenters. The number of aromatic nitrogens is 1. The third-order valence-electron chi connectivity index (χ3n) is 10.5. The minimum absolute atomic E-state index is 0.0349. The van der Waals surface area contributed by atoms with E-state index in [0.717, 1.165) is 27.8 Å². The molecule has 2 N–H and O–H groups in total. The fraction of sp³-hybridized carbons (Fsp3) is 0.485. The number of aliphatic hydroxyl groups is 1. The third kappa shape index (κ3) is 4.64. The highest BCUT2D eigenvalue weighted by molar-refractivity contribution is 5.94. The number of hydrogen-bond acceptors (Lipinski definition) is 4. The summed E-state index contributed by atoms with van der Waals surface area (Å²) < 4.78 is 71.6. The number of carbonyl (C=O) groups excluding carboxylic acids is 2. The molecule has 2 aromatic rings. The monoisotopic (exact) mass is 600 g/mol. The van der Waals surface area contributed by atoms with Crippen LogP contribution < -0.4 is 5.32 Å². The van der Waals surface area contributed by atoms with E-state index < -0.39 is 41.4 Å². The minimum Gasteiger partial charge on any atom is -0.383 e. The molecule has 1 amide bonds. The molecule has 2 fully saturated rings. The highest BCUT2D eigenvalue weighted by Crippen LogP contribution is 2.70. The van der Waals surface area contributed by atoms with E-state index in [4.69, 9.17) is 0 Å². The summed E-state index contributed by atoms with van der Waals surface area (Å²) in [6.07, 6.45) is 0.0746. The van der Waals surface area contributed by atoms with Crippen LogP contribution in [0.5, 0.6) is 0 Å². The lowest BCUT2D eigenvalue weighted by Crippen LogP contribution is -2.65. The maximum Gasteiger partial charge on any atom is 0.456 e. The van der Waals surface area contributed by atoms with Crippen LogP contribution in [-0.2, 0) is 11.3 Å². The van der Waals surface area contributed by atoms with Crippen molar-refractivity contribution in [1.29, 1.82) is 0 Å². The van der Waals surface area contributed by atoms with E-state index in [0.29, 0.717) is 31.2 Å². The summed E-state index contributed by atoms with van der Waals surface area (Å²) in [7, 11) is 0. The van der Waals surface area contributed by atoms with Crippen molar-refractivity contribution in [3.8, 4) is 0 Å². The molecule has 1 heterocycles. The van der Waals surface area contributed by atoms with Crippen molar-refractivity contribution in [3.05, 3.63) is 88.3 Å². The Balaban J connectivity index is 1.37. The van der Waals surface area contributed by atoms with Crippen LogP contribution in [0.15, 0.2) is 71.6 Å². The van der Waals surface area contributed by atoms with Crippen LogP contribution in [0.4, 0.5) is 22.0 Å². The number of hydrogen-bond donors (Lipinski definition) is 2. The van der Waals surface area contributed by atoms with Crippen molar-refractivity contribution in [3.63, 3.8) is 0 Å². The number of amides is 1. The van der Waals surface area contributed by atoms with Gasteiger partial charge < -0.3 is 10.4 Å². The van der Waals surface area contributed by atoms with E-state index in [1.807, 2.05) is 24.3 Å². The number of fused-ring (bicyclic) bond motifs is 4. The Kier molecular flexibility index (Phi) is 7.14. The minimum atomic E-state index is -5.89. The largest absolute Gasteiger partial charge is 0.456 e. The lowest BCUT2D eigenvalue weighted by molar-refractivity contribution is -0.362. The molecule has 10 heteroatoms. The Hall–Kier alpha value is -3.40. The van der Waals surface area contributed by atoms with Crippen LogP contribution in [0.25, 0.3) is 0 Å². The third-order valence-corrected chi connectivity index (χ3v) is 10.5. The molecule has 5 nitrogen and oxygen atoms in total. The Bertz CT molecular complexity index is 1500. The zero-order valence-corrected chi connectivity index (χ0v) is 23.7. The highest BCUT2D eigenvalue weighted by atomic mass is 19.4. The van der Waals surface area contributed by atoms with Gasteiger partial charge in [0.1, 0.15) is 5.60 Å². The SMILES string of the molecule is C[C@]12C[C@H](c3ccc(CNC(=O)c4cccnc4)cc3)C3=C4CCC(=O)C=C4CCC3C1CC[C@@]2(O)C(F)(F)C(F)(F)F. The Morgan fingerprint density at radius 3 is 2.49 bits per heavy atom. The van der Waals surface area contributed by atoms with Crippen LogP contribution >= 0.6 is 0 Å². The first-order valence-electron chi connectivity index (χ1n) is 14.7. The average Bonchev–Trinajstić information content (AvgIpc) is 3.26. The lowest BCUT2D eigenvalue weighted by Gasteiger charge is -2.56. The van der Waals surface area contributed by atoms with E-state index >= 15 is 8.78 Å². The number of carbonyl (C=O) groups is 2. The summed E-state index contributed by atoms with van der Waals surface area (Å²) in [5, 5.41) is 14.2. The molecule has 0 radical (unpaired) electrons. The van der Waals surface area contributed by atoms with Gasteiger partial charge in [-0.2, -0.15) is 22.0 Å². The zero-order chi connectivity index (χ0) is 30.8. The number of alkyl halides is 5. The van der Waals surface area contributed by atoms with E-state index in [2.05, 4.69) is 10.3 Å². The molecule has 2 unspecified atom stereocenters. The number of pyridine rings is 1. The van der Waals surface area contributed by atoms with E-state index in [-0.39, 0.29) is 37.0 Å². The second-order valence-corrected chi connectivity index (χ2v) is 12.6. The molecule has 2 saturated carbocycles. The fourth-order valence-corrected chi connectivity index (χ4v) is 8.36. The van der Waals surface area contributed by atoms with Gasteiger partial charge in [-0.25, -0.2) is 0 Å². The second-order valence-electron chi connectivity index (χ2n) is 12.6. The van der Waals surface area contributed by atoms with Crippen molar-refractivity contribution in [2.24, 2.45) is 17.3 Å². The smallest absolute Gasteiger partial charge is 0.383 e. The summed E-state index contributed by atoms with van der Waals surface area (Å²) in [5.74, 6) is -6.87. The molecule has 4 aliphatic rings. The maximum absolute atomic E-state index is 15.2. The highest BCUT2D eigenvalue weighted by Gasteiger charge is 2.79. The average molecular weight is 601 g/mol. The number of rotatable bonds is 5. The summed E-state index contributed by atoms with van der Waals surface area (Å²) >= 11 is 0. The second kappa shape index (κ2) is 10.4. The normalized spacial score (nSPS) is 30.7. The van der Waals surface area contributed by atoms with Crippen LogP contribution in [-0.4, -0.2) is 39.5 Å². The van der Waals surface area contributed by atoms with Crippen molar-refractivity contribution in [1.82, 2.24) is 10.3 Å². The van der Waals surface area contributed by atoms with Gasteiger partial charge in [0.25, 0.3) is 5.91 Å². The standard InChI is InChI=1S/C33H33F5N2O3/c1-30-16-26(20-6-4-19(5-7-20)17-40-29(42)22-3-2-14-39-18-22)28-24-11-9-23(41)15-21(24)8-10-25(28)27(30)12-13-31(30,43)32(34,35)33(36,37)38/h2-7,14-15,18,25-27,43H,8-13,16-17H2,1H3,(H,40,42)/t25?,26-,27?,30+,31+/m1/s1.